The van der Waals surface area contributed by atoms with E-state index in [0.717, 1.165) is 15.6 Å². The number of benzene rings is 3. The van der Waals surface area contributed by atoms with Gasteiger partial charge in [0, 0.05) is 25.3 Å². The number of anilines is 1. The Labute approximate surface area is 187 Å². The van der Waals surface area contributed by atoms with Crippen molar-refractivity contribution in [3.63, 3.8) is 0 Å². The first-order valence-electron chi connectivity index (χ1n) is 9.91. The normalized spacial score (nSPS) is 11.5. The smallest absolute Gasteiger partial charge is 0.274 e. The SMILES string of the molecule is CN(C)S(=O)(=O)c1ccc(NC(=O)c2cc(-c3ccccc3)nn2-c2ccccc2)cc1. The molecule has 1 N–H and O–H groups in total. The molecule has 4 aromatic rings. The molecular weight excluding hydrogens is 424 g/mol. The number of hydrogen-bond donors (Lipinski definition) is 1. The number of nitrogens with zero attached hydrogens (tertiary/aromatic N) is 3. The Hall–Kier alpha value is -3.75. The molecule has 4 rings (SSSR count). The van der Waals surface area contributed by atoms with Gasteiger partial charge in [0.25, 0.3) is 5.91 Å². The number of rotatable bonds is 6. The molecule has 1 amide bonds. The van der Waals surface area contributed by atoms with E-state index in [4.69, 9.17) is 0 Å². The van der Waals surface area contributed by atoms with E-state index in [-0.39, 0.29) is 10.8 Å². The second kappa shape index (κ2) is 8.78. The third-order valence-electron chi connectivity index (χ3n) is 4.90. The summed E-state index contributed by atoms with van der Waals surface area (Å²) in [6.45, 7) is 0. The Morgan fingerprint density at radius 3 is 2.06 bits per heavy atom. The van der Waals surface area contributed by atoms with Crippen LogP contribution in [0.15, 0.2) is 95.9 Å². The summed E-state index contributed by atoms with van der Waals surface area (Å²) >= 11 is 0. The largest absolute Gasteiger partial charge is 0.321 e. The molecule has 32 heavy (non-hydrogen) atoms. The monoisotopic (exact) mass is 446 g/mol. The standard InChI is InChI=1S/C24H22N4O3S/c1-27(2)32(30,31)21-15-13-19(14-16-21)25-24(29)23-17-22(18-9-5-3-6-10-18)26-28(23)20-11-7-4-8-12-20/h3-17H,1-2H3,(H,25,29). The molecule has 3 aromatic carbocycles. The fourth-order valence-corrected chi connectivity index (χ4v) is 4.08. The van der Waals surface area contributed by atoms with Crippen LogP contribution in [-0.4, -0.2) is 42.5 Å². The van der Waals surface area contributed by atoms with Gasteiger partial charge in [-0.05, 0) is 42.5 Å². The first-order valence-corrected chi connectivity index (χ1v) is 11.3. The molecule has 0 bridgehead atoms. The van der Waals surface area contributed by atoms with Crippen LogP contribution in [0.5, 0.6) is 0 Å². The van der Waals surface area contributed by atoms with Crippen LogP contribution in [0.3, 0.4) is 0 Å². The minimum Gasteiger partial charge on any atom is -0.321 e. The van der Waals surface area contributed by atoms with Gasteiger partial charge in [0.15, 0.2) is 0 Å². The molecule has 0 aliphatic rings. The Morgan fingerprint density at radius 2 is 1.47 bits per heavy atom. The highest BCUT2D eigenvalue weighted by Crippen LogP contribution is 2.23. The maximum atomic E-state index is 13.1. The van der Waals surface area contributed by atoms with Gasteiger partial charge in [-0.15, -0.1) is 0 Å². The Bertz CT molecular complexity index is 1330. The summed E-state index contributed by atoms with van der Waals surface area (Å²) in [5.74, 6) is -0.355. The summed E-state index contributed by atoms with van der Waals surface area (Å²) < 4.78 is 27.2. The summed E-state index contributed by atoms with van der Waals surface area (Å²) in [5, 5.41) is 7.48. The van der Waals surface area contributed by atoms with Crippen LogP contribution >= 0.6 is 0 Å². The molecule has 1 aromatic heterocycles. The number of carbonyl (C=O) groups is 1. The van der Waals surface area contributed by atoms with Crippen LogP contribution in [0, 0.1) is 0 Å². The molecule has 0 spiro atoms. The molecule has 0 fully saturated rings. The molecule has 7 nitrogen and oxygen atoms in total. The number of amides is 1. The Balaban J connectivity index is 1.67. The lowest BCUT2D eigenvalue weighted by atomic mass is 10.1. The third-order valence-corrected chi connectivity index (χ3v) is 6.73. The van der Waals surface area contributed by atoms with E-state index in [1.807, 2.05) is 60.7 Å². The van der Waals surface area contributed by atoms with E-state index >= 15 is 0 Å². The zero-order valence-electron chi connectivity index (χ0n) is 17.6. The van der Waals surface area contributed by atoms with E-state index in [1.54, 1.807) is 22.9 Å². The average molecular weight is 447 g/mol. The summed E-state index contributed by atoms with van der Waals surface area (Å²) in [5.41, 5.74) is 3.17. The lowest BCUT2D eigenvalue weighted by molar-refractivity contribution is 0.101. The first-order chi connectivity index (χ1) is 15.4. The molecule has 162 valence electrons. The number of para-hydroxylation sites is 1. The molecule has 1 heterocycles. The van der Waals surface area contributed by atoms with Crippen LogP contribution in [0.25, 0.3) is 16.9 Å². The van der Waals surface area contributed by atoms with Gasteiger partial charge in [-0.25, -0.2) is 17.4 Å². The van der Waals surface area contributed by atoms with Crippen molar-refractivity contribution in [2.45, 2.75) is 4.90 Å². The molecule has 0 saturated heterocycles. The minimum absolute atomic E-state index is 0.154. The lowest BCUT2D eigenvalue weighted by Gasteiger charge is -2.12. The van der Waals surface area contributed by atoms with E-state index in [2.05, 4.69) is 10.4 Å². The Kier molecular flexibility index (Phi) is 5.89. The molecule has 8 heteroatoms. The molecule has 0 unspecified atom stereocenters. The van der Waals surface area contributed by atoms with Crippen molar-refractivity contribution in [1.29, 1.82) is 0 Å². The number of nitrogens with one attached hydrogen (secondary N) is 1. The van der Waals surface area contributed by atoms with Crippen LogP contribution < -0.4 is 5.32 Å². The summed E-state index contributed by atoms with van der Waals surface area (Å²) in [6.07, 6.45) is 0. The average Bonchev–Trinajstić information content (AvgIpc) is 3.26. The van der Waals surface area contributed by atoms with Crippen molar-refractivity contribution in [2.75, 3.05) is 19.4 Å². The van der Waals surface area contributed by atoms with E-state index in [0.29, 0.717) is 17.1 Å². The van der Waals surface area contributed by atoms with Gasteiger partial charge in [-0.1, -0.05) is 48.5 Å². The zero-order valence-corrected chi connectivity index (χ0v) is 18.5. The summed E-state index contributed by atoms with van der Waals surface area (Å²) in [4.78, 5) is 13.3. The molecule has 0 atom stereocenters. The second-order valence-electron chi connectivity index (χ2n) is 7.29. The second-order valence-corrected chi connectivity index (χ2v) is 9.45. The predicted octanol–water partition coefficient (Wildman–Crippen LogP) is 4.04. The van der Waals surface area contributed by atoms with Gasteiger partial charge < -0.3 is 5.32 Å². The minimum atomic E-state index is -3.54. The number of hydrogen-bond acceptors (Lipinski definition) is 4. The van der Waals surface area contributed by atoms with Crippen molar-refractivity contribution >= 4 is 21.6 Å². The molecule has 0 radical (unpaired) electrons. The maximum Gasteiger partial charge on any atom is 0.274 e. The van der Waals surface area contributed by atoms with Gasteiger partial charge in [0.2, 0.25) is 10.0 Å². The lowest BCUT2D eigenvalue weighted by Crippen LogP contribution is -2.22. The van der Waals surface area contributed by atoms with Gasteiger partial charge in [-0.3, -0.25) is 4.79 Å². The molecular formula is C24H22N4O3S. The number of carbonyl (C=O) groups excluding carboxylic acids is 1. The summed E-state index contributed by atoms with van der Waals surface area (Å²) in [7, 11) is -0.593. The van der Waals surface area contributed by atoms with Crippen molar-refractivity contribution in [3.05, 3.63) is 96.7 Å². The van der Waals surface area contributed by atoms with Crippen molar-refractivity contribution in [3.8, 4) is 16.9 Å². The predicted molar refractivity (Wildman–Crippen MR) is 124 cm³/mol. The molecule has 0 saturated carbocycles. The fraction of sp³-hybridized carbons (Fsp3) is 0.0833. The van der Waals surface area contributed by atoms with E-state index in [1.165, 1.54) is 26.2 Å². The van der Waals surface area contributed by atoms with E-state index in [9.17, 15) is 13.2 Å². The highest BCUT2D eigenvalue weighted by molar-refractivity contribution is 7.89. The summed E-state index contributed by atoms with van der Waals surface area (Å²) in [6, 6.07) is 26.8. The third kappa shape index (κ3) is 4.32. The number of aromatic nitrogens is 2. The zero-order chi connectivity index (χ0) is 22.7. The first kappa shape index (κ1) is 21.5. The molecule has 0 aliphatic carbocycles. The highest BCUT2D eigenvalue weighted by Gasteiger charge is 2.19. The van der Waals surface area contributed by atoms with Gasteiger partial charge in [-0.2, -0.15) is 5.10 Å². The fourth-order valence-electron chi connectivity index (χ4n) is 3.18. The molecule has 0 aliphatic heterocycles. The maximum absolute atomic E-state index is 13.1. The van der Waals surface area contributed by atoms with Crippen molar-refractivity contribution in [2.24, 2.45) is 0 Å². The van der Waals surface area contributed by atoms with Crippen LogP contribution in [0.2, 0.25) is 0 Å². The van der Waals surface area contributed by atoms with Gasteiger partial charge in [0.1, 0.15) is 5.69 Å². The highest BCUT2D eigenvalue weighted by atomic mass is 32.2. The van der Waals surface area contributed by atoms with Gasteiger partial charge in [0.05, 0.1) is 16.3 Å². The van der Waals surface area contributed by atoms with Crippen LogP contribution in [0.4, 0.5) is 5.69 Å². The van der Waals surface area contributed by atoms with Crippen LogP contribution in [-0.2, 0) is 10.0 Å². The van der Waals surface area contributed by atoms with Crippen molar-refractivity contribution < 1.29 is 13.2 Å². The van der Waals surface area contributed by atoms with E-state index < -0.39 is 10.0 Å². The van der Waals surface area contributed by atoms with Crippen molar-refractivity contribution in [1.82, 2.24) is 14.1 Å². The van der Waals surface area contributed by atoms with Gasteiger partial charge >= 0.3 is 0 Å². The topological polar surface area (TPSA) is 84.3 Å². The van der Waals surface area contributed by atoms with Crippen LogP contribution in [0.1, 0.15) is 10.5 Å². The quantitative estimate of drug-likeness (QED) is 0.484. The Morgan fingerprint density at radius 1 is 0.875 bits per heavy atom. The number of sulfonamides is 1.